The van der Waals surface area contributed by atoms with Crippen LogP contribution in [0.1, 0.15) is 5.82 Å². The summed E-state index contributed by atoms with van der Waals surface area (Å²) in [6.07, 6.45) is 0.642. The predicted molar refractivity (Wildman–Crippen MR) is 27.9 cm³/mol. The van der Waals surface area contributed by atoms with Crippen LogP contribution in [0.3, 0.4) is 0 Å². The molecule has 0 spiro atoms. The Hall–Kier alpha value is -0.930. The van der Waals surface area contributed by atoms with Gasteiger partial charge in [0.25, 0.3) is 0 Å². The Kier molecular flexibility index (Phi) is 1.24. The van der Waals surface area contributed by atoms with E-state index in [4.69, 9.17) is 0 Å². The highest BCUT2D eigenvalue weighted by atomic mass is 15.5. The maximum Gasteiger partial charge on any atom is 0.150 e. The van der Waals surface area contributed by atoms with Crippen LogP contribution in [0.4, 0.5) is 0 Å². The van der Waals surface area contributed by atoms with E-state index >= 15 is 0 Å². The lowest BCUT2D eigenvalue weighted by molar-refractivity contribution is 0.687. The van der Waals surface area contributed by atoms with Gasteiger partial charge in [-0.2, -0.15) is 0 Å². The summed E-state index contributed by atoms with van der Waals surface area (Å²) in [6.45, 7) is 3.63. The van der Waals surface area contributed by atoms with Gasteiger partial charge in [-0.15, -0.1) is 5.10 Å². The average Bonchev–Trinajstić information content (AvgIpc) is 2.14. The number of hydrogen-bond acceptors (Lipinski definition) is 3. The Morgan fingerprint density at radius 3 is 2.75 bits per heavy atom. The Morgan fingerprint density at radius 2 is 2.50 bits per heavy atom. The maximum atomic E-state index is 3.67. The molecule has 1 rings (SSSR count). The molecule has 0 aliphatic carbocycles. The quantitative estimate of drug-likeness (QED) is 0.494. The first-order valence-corrected chi connectivity index (χ1v) is 2.35. The van der Waals surface area contributed by atoms with Gasteiger partial charge in [0.15, 0.2) is 5.82 Å². The van der Waals surface area contributed by atoms with Crippen LogP contribution in [0.25, 0.3) is 0 Å². The standard InChI is InChI=1S/C4H7N4/c1-3-4-5-6-7-8(4)2/h1,3H2,2H3. The van der Waals surface area contributed by atoms with Crippen molar-refractivity contribution in [2.24, 2.45) is 7.05 Å². The van der Waals surface area contributed by atoms with Gasteiger partial charge in [0, 0.05) is 13.5 Å². The van der Waals surface area contributed by atoms with E-state index in [-0.39, 0.29) is 0 Å². The van der Waals surface area contributed by atoms with Crippen molar-refractivity contribution in [3.05, 3.63) is 12.7 Å². The van der Waals surface area contributed by atoms with Crippen molar-refractivity contribution in [3.8, 4) is 0 Å². The topological polar surface area (TPSA) is 43.6 Å². The highest BCUT2D eigenvalue weighted by Crippen LogP contribution is 1.85. The molecule has 1 radical (unpaired) electrons. The summed E-state index contributed by atoms with van der Waals surface area (Å²) in [5.41, 5.74) is 0. The number of aromatic nitrogens is 4. The fourth-order valence-electron chi connectivity index (χ4n) is 0.460. The highest BCUT2D eigenvalue weighted by molar-refractivity contribution is 4.79. The molecular weight excluding hydrogens is 104 g/mol. The lowest BCUT2D eigenvalue weighted by Crippen LogP contribution is -1.96. The molecule has 0 aliphatic rings. The monoisotopic (exact) mass is 111 g/mol. The number of rotatable bonds is 1. The highest BCUT2D eigenvalue weighted by Gasteiger charge is 1.94. The normalized spacial score (nSPS) is 9.75. The fourth-order valence-corrected chi connectivity index (χ4v) is 0.460. The Bertz CT molecular complexity index is 168. The largest absolute Gasteiger partial charge is 0.233 e. The molecule has 0 saturated carbocycles. The van der Waals surface area contributed by atoms with Crippen molar-refractivity contribution < 1.29 is 0 Å². The Morgan fingerprint density at radius 1 is 1.75 bits per heavy atom. The van der Waals surface area contributed by atoms with E-state index in [9.17, 15) is 0 Å². The molecule has 1 aromatic heterocycles. The molecule has 0 fully saturated rings. The van der Waals surface area contributed by atoms with Crippen molar-refractivity contribution in [1.82, 2.24) is 20.2 Å². The van der Waals surface area contributed by atoms with Crippen LogP contribution >= 0.6 is 0 Å². The van der Waals surface area contributed by atoms with Gasteiger partial charge in [0.1, 0.15) is 0 Å². The first kappa shape index (κ1) is 5.21. The molecule has 0 N–H and O–H groups in total. The second kappa shape index (κ2) is 1.90. The van der Waals surface area contributed by atoms with Gasteiger partial charge in [0.2, 0.25) is 0 Å². The molecule has 1 aromatic rings. The SMILES string of the molecule is [CH2]Cc1nnnn1C. The second-order valence-electron chi connectivity index (χ2n) is 1.47. The zero-order valence-corrected chi connectivity index (χ0v) is 4.70. The number of hydrogen-bond donors (Lipinski definition) is 0. The molecule has 0 amide bonds. The van der Waals surface area contributed by atoms with Crippen molar-refractivity contribution in [2.75, 3.05) is 0 Å². The summed E-state index contributed by atoms with van der Waals surface area (Å²) in [6, 6.07) is 0. The van der Waals surface area contributed by atoms with Crippen molar-refractivity contribution >= 4 is 0 Å². The molecule has 4 heteroatoms. The van der Waals surface area contributed by atoms with Gasteiger partial charge in [-0.25, -0.2) is 4.68 Å². The lowest BCUT2D eigenvalue weighted by Gasteiger charge is -1.87. The van der Waals surface area contributed by atoms with E-state index < -0.39 is 0 Å². The van der Waals surface area contributed by atoms with Crippen LogP contribution < -0.4 is 0 Å². The van der Waals surface area contributed by atoms with Crippen LogP contribution in [-0.2, 0) is 13.5 Å². The molecule has 0 bridgehead atoms. The minimum Gasteiger partial charge on any atom is -0.233 e. The fraction of sp³-hybridized carbons (Fsp3) is 0.500. The molecule has 0 atom stereocenters. The van der Waals surface area contributed by atoms with Crippen molar-refractivity contribution in [3.63, 3.8) is 0 Å². The van der Waals surface area contributed by atoms with Gasteiger partial charge >= 0.3 is 0 Å². The van der Waals surface area contributed by atoms with Gasteiger partial charge < -0.3 is 0 Å². The van der Waals surface area contributed by atoms with Crippen LogP contribution in [0.2, 0.25) is 0 Å². The zero-order valence-electron chi connectivity index (χ0n) is 4.70. The minimum absolute atomic E-state index is 0.642. The number of aryl methyl sites for hydroxylation is 1. The molecule has 1 heterocycles. The minimum atomic E-state index is 0.642. The Balaban J connectivity index is 2.92. The second-order valence-corrected chi connectivity index (χ2v) is 1.47. The first-order valence-electron chi connectivity index (χ1n) is 2.35. The molecule has 0 aromatic carbocycles. The third-order valence-electron chi connectivity index (χ3n) is 0.931. The molecule has 0 saturated heterocycles. The molecular formula is C4H7N4. The summed E-state index contributed by atoms with van der Waals surface area (Å²) in [5.74, 6) is 0.810. The predicted octanol–water partition coefficient (Wildman–Crippen LogP) is -0.413. The van der Waals surface area contributed by atoms with E-state index in [1.807, 2.05) is 0 Å². The summed E-state index contributed by atoms with van der Waals surface area (Å²) in [4.78, 5) is 0. The summed E-state index contributed by atoms with van der Waals surface area (Å²) < 4.78 is 1.60. The van der Waals surface area contributed by atoms with Crippen molar-refractivity contribution in [1.29, 1.82) is 0 Å². The lowest BCUT2D eigenvalue weighted by atomic mass is 10.5. The maximum absolute atomic E-state index is 3.67. The summed E-state index contributed by atoms with van der Waals surface area (Å²) in [7, 11) is 1.79. The van der Waals surface area contributed by atoms with E-state index in [1.165, 1.54) is 0 Å². The molecule has 43 valence electrons. The Labute approximate surface area is 47.5 Å². The van der Waals surface area contributed by atoms with Gasteiger partial charge in [-0.3, -0.25) is 0 Å². The molecule has 4 nitrogen and oxygen atoms in total. The number of tetrazole rings is 1. The third kappa shape index (κ3) is 0.685. The number of nitrogens with zero attached hydrogens (tertiary/aromatic N) is 4. The summed E-state index contributed by atoms with van der Waals surface area (Å²) >= 11 is 0. The average molecular weight is 111 g/mol. The summed E-state index contributed by atoms with van der Waals surface area (Å²) in [5, 5.41) is 10.7. The molecule has 8 heavy (non-hydrogen) atoms. The van der Waals surface area contributed by atoms with E-state index in [0.717, 1.165) is 5.82 Å². The van der Waals surface area contributed by atoms with Gasteiger partial charge in [-0.1, -0.05) is 0 Å². The zero-order chi connectivity index (χ0) is 5.98. The van der Waals surface area contributed by atoms with E-state index in [2.05, 4.69) is 22.4 Å². The molecule has 0 aliphatic heterocycles. The third-order valence-corrected chi connectivity index (χ3v) is 0.931. The van der Waals surface area contributed by atoms with E-state index in [1.54, 1.807) is 11.7 Å². The van der Waals surface area contributed by atoms with Crippen LogP contribution in [-0.4, -0.2) is 20.2 Å². The van der Waals surface area contributed by atoms with Gasteiger partial charge in [0.05, 0.1) is 0 Å². The van der Waals surface area contributed by atoms with Gasteiger partial charge in [-0.05, 0) is 17.4 Å². The van der Waals surface area contributed by atoms with Crippen LogP contribution in [0, 0.1) is 6.92 Å². The first-order chi connectivity index (χ1) is 3.84. The van der Waals surface area contributed by atoms with E-state index in [0.29, 0.717) is 6.42 Å². The van der Waals surface area contributed by atoms with Crippen LogP contribution in [0.15, 0.2) is 0 Å². The molecule has 0 unspecified atom stereocenters. The van der Waals surface area contributed by atoms with Crippen LogP contribution in [0.5, 0.6) is 0 Å². The van der Waals surface area contributed by atoms with Crippen molar-refractivity contribution in [2.45, 2.75) is 6.42 Å². The smallest absolute Gasteiger partial charge is 0.150 e.